The number of nitriles is 3. The molecule has 0 atom stereocenters. The van der Waals surface area contributed by atoms with E-state index in [-0.39, 0.29) is 103 Å². The van der Waals surface area contributed by atoms with Crippen LogP contribution in [0.4, 0.5) is 39.3 Å². The van der Waals surface area contributed by atoms with Gasteiger partial charge in [0, 0.05) is 19.9 Å². The van der Waals surface area contributed by atoms with Gasteiger partial charge >= 0.3 is 117 Å². The monoisotopic (exact) mass is 581 g/mol. The fourth-order valence-corrected chi connectivity index (χ4v) is 0.134. The summed E-state index contributed by atoms with van der Waals surface area (Å²) in [7, 11) is -3.04. The molecule has 0 bridgehead atoms. The van der Waals surface area contributed by atoms with Gasteiger partial charge in [0.1, 0.15) is 0 Å². The Labute approximate surface area is 278 Å². The Morgan fingerprint density at radius 2 is 0.848 bits per heavy atom. The predicted octanol–water partition coefficient (Wildman–Crippen LogP) is 0.177. The van der Waals surface area contributed by atoms with Crippen molar-refractivity contribution in [3.05, 3.63) is 13.4 Å². The molecule has 0 aliphatic carbocycles. The molecule has 0 N–H and O–H groups in total. The fourth-order valence-electron chi connectivity index (χ4n) is 0.134. The van der Waals surface area contributed by atoms with Gasteiger partial charge in [-0.25, -0.2) is 15.8 Å². The normalized spacial score (nSPS) is 8.36. The molecule has 0 radical (unpaired) electrons. The van der Waals surface area contributed by atoms with Crippen LogP contribution in [0.1, 0.15) is 0 Å². The van der Waals surface area contributed by atoms with Crippen LogP contribution in [0.5, 0.6) is 0 Å². The molecule has 182 valence electrons. The summed E-state index contributed by atoms with van der Waals surface area (Å²) in [5.74, 6) is 3.24. The summed E-state index contributed by atoms with van der Waals surface area (Å²) in [5, 5.41) is 24.1. The molecule has 0 rings (SSSR count). The molecule has 0 aliphatic heterocycles. The van der Waals surface area contributed by atoms with E-state index < -0.39 is 44.2 Å². The largest absolute Gasteiger partial charge is 1.00 e. The minimum Gasteiger partial charge on any atom is -0.421 e. The fraction of sp³-hybridized carbons (Fsp3) is 0.615. The van der Waals surface area contributed by atoms with Crippen molar-refractivity contribution in [3.63, 3.8) is 0 Å². The first-order chi connectivity index (χ1) is 13.7. The average molecular weight is 581 g/mol. The van der Waals surface area contributed by atoms with Gasteiger partial charge < -0.3 is 35.4 Å². The van der Waals surface area contributed by atoms with Crippen LogP contribution in [0, 0.1) is 46.8 Å². The predicted molar refractivity (Wildman–Crippen MR) is 106 cm³/mol. The van der Waals surface area contributed by atoms with Crippen molar-refractivity contribution in [2.75, 3.05) is 14.2 Å². The SMILES string of the molecule is COB(C#N)C#N.CO[Si](C)(C)C.C[Si](C)(C)C#N.FB(F)F.F[C-](F)F.F[C-](F)F.[K+].[K+]. The number of hydrogen-bond acceptors (Lipinski definition) is 5. The number of nitrogens with zero attached hydrogens (tertiary/aromatic N) is 3. The molecule has 0 amide bonds. The molecule has 0 aromatic heterocycles. The van der Waals surface area contributed by atoms with Crippen molar-refractivity contribution in [2.24, 2.45) is 0 Å². The zero-order chi connectivity index (χ0) is 26.8. The van der Waals surface area contributed by atoms with Gasteiger partial charge in [-0.1, -0.05) is 19.6 Å². The summed E-state index contributed by atoms with van der Waals surface area (Å²) in [6.45, 7) is 5.47. The zero-order valence-corrected chi connectivity index (χ0v) is 28.5. The van der Waals surface area contributed by atoms with E-state index in [0.29, 0.717) is 0 Å². The van der Waals surface area contributed by atoms with E-state index in [2.05, 4.69) is 30.0 Å². The Hall–Kier alpha value is 1.60. The first-order valence-corrected chi connectivity index (χ1v) is 14.5. The van der Waals surface area contributed by atoms with Gasteiger partial charge in [-0.3, -0.25) is 12.9 Å². The van der Waals surface area contributed by atoms with E-state index in [1.165, 1.54) is 7.11 Å². The van der Waals surface area contributed by atoms with Gasteiger partial charge in [0.25, 0.3) is 0 Å². The van der Waals surface area contributed by atoms with Gasteiger partial charge in [0.2, 0.25) is 0 Å². The van der Waals surface area contributed by atoms with Crippen LogP contribution in [-0.2, 0) is 9.08 Å². The second kappa shape index (κ2) is 38.1. The minimum absolute atomic E-state index is 0. The van der Waals surface area contributed by atoms with E-state index in [4.69, 9.17) is 20.2 Å². The molecule has 0 fully saturated rings. The molecular formula is C13H24B2F9K2N3O2Si2. The van der Waals surface area contributed by atoms with Crippen LogP contribution in [0.3, 0.4) is 0 Å². The third-order valence-corrected chi connectivity index (χ3v) is 3.31. The Morgan fingerprint density at radius 1 is 0.697 bits per heavy atom. The van der Waals surface area contributed by atoms with Crippen LogP contribution in [0.2, 0.25) is 39.3 Å². The number of hydrogen-bond donors (Lipinski definition) is 0. The Balaban J connectivity index is -0.0000000380. The van der Waals surface area contributed by atoms with Crippen LogP contribution < -0.4 is 103 Å². The molecule has 0 unspecified atom stereocenters. The van der Waals surface area contributed by atoms with Crippen LogP contribution in [0.15, 0.2) is 0 Å². The van der Waals surface area contributed by atoms with E-state index in [1.54, 1.807) is 19.0 Å². The Kier molecular flexibility index (Phi) is 63.8. The topological polar surface area (TPSA) is 89.8 Å². The van der Waals surface area contributed by atoms with Gasteiger partial charge in [-0.05, 0) is 19.6 Å². The quantitative estimate of drug-likeness (QED) is 0.264. The first kappa shape index (κ1) is 55.2. The van der Waals surface area contributed by atoms with E-state index >= 15 is 0 Å². The van der Waals surface area contributed by atoms with Crippen molar-refractivity contribution >= 4 is 30.9 Å². The maximum absolute atomic E-state index is 9.67. The zero-order valence-electron chi connectivity index (χ0n) is 20.2. The third kappa shape index (κ3) is 181. The number of rotatable bonds is 2. The van der Waals surface area contributed by atoms with Gasteiger partial charge in [-0.15, -0.1) is 0 Å². The molecule has 0 saturated heterocycles. The molecule has 0 aliphatic rings. The summed E-state index contributed by atoms with van der Waals surface area (Å²) in [4.78, 5) is 0. The van der Waals surface area contributed by atoms with Crippen molar-refractivity contribution in [2.45, 2.75) is 39.3 Å². The Morgan fingerprint density at radius 3 is 0.848 bits per heavy atom. The van der Waals surface area contributed by atoms with Crippen molar-refractivity contribution in [3.8, 4) is 17.6 Å². The summed E-state index contributed by atoms with van der Waals surface area (Å²) in [5.41, 5.74) is 2.24. The summed E-state index contributed by atoms with van der Waals surface area (Å²) >= 11 is 0. The van der Waals surface area contributed by atoms with E-state index in [1.807, 2.05) is 19.6 Å². The van der Waals surface area contributed by atoms with E-state index in [9.17, 15) is 39.3 Å². The minimum atomic E-state index is -3.67. The van der Waals surface area contributed by atoms with E-state index in [0.717, 1.165) is 0 Å². The summed E-state index contributed by atoms with van der Waals surface area (Å²) in [6.07, 6.45) is 0. The molecule has 0 heterocycles. The standard InChI is InChI=1S/C4H9NSi.C4H12OSi.C3H3BN2O.2CF3.BF3.2K/c1-6(2,3)4-5;1-5-6(2,3)4;1-7-4(2-5)3-6;3*2-1(3)4;;/h1-3H3;1-4H3;1H3;;;;;/q;;;2*-1;;2*+1. The third-order valence-electron chi connectivity index (χ3n) is 1.42. The van der Waals surface area contributed by atoms with Crippen LogP contribution >= 0.6 is 0 Å². The molecule has 20 heteroatoms. The van der Waals surface area contributed by atoms with Gasteiger partial charge in [-0.2, -0.15) is 0 Å². The Bertz CT molecular complexity index is 467. The second-order valence-electron chi connectivity index (χ2n) is 6.23. The molecule has 5 nitrogen and oxygen atoms in total. The van der Waals surface area contributed by atoms with Crippen molar-refractivity contribution < 1.29 is 151 Å². The second-order valence-corrected chi connectivity index (χ2v) is 15.6. The molecule has 0 spiro atoms. The van der Waals surface area contributed by atoms with Crippen molar-refractivity contribution in [1.82, 2.24) is 0 Å². The van der Waals surface area contributed by atoms with Gasteiger partial charge in [0.05, 0.1) is 11.9 Å². The molecule has 0 aromatic rings. The maximum Gasteiger partial charge on any atom is 1.00 e. The number of halogens is 9. The smallest absolute Gasteiger partial charge is 0.421 e. The summed E-state index contributed by atoms with van der Waals surface area (Å²) in [6, 6.07) is 0. The average Bonchev–Trinajstić information content (AvgIpc) is 2.55. The van der Waals surface area contributed by atoms with Gasteiger partial charge in [0.15, 0.2) is 29.7 Å². The van der Waals surface area contributed by atoms with Crippen molar-refractivity contribution in [1.29, 1.82) is 15.8 Å². The molecule has 0 aromatic carbocycles. The first-order valence-electron chi connectivity index (χ1n) is 7.54. The summed E-state index contributed by atoms with van der Waals surface area (Å²) < 4.78 is 95.9. The molecular weight excluding hydrogens is 557 g/mol. The molecule has 33 heavy (non-hydrogen) atoms. The van der Waals surface area contributed by atoms with Crippen LogP contribution in [0.25, 0.3) is 0 Å². The maximum atomic E-state index is 9.67. The van der Waals surface area contributed by atoms with Crippen LogP contribution in [-0.4, -0.2) is 45.1 Å². The molecule has 0 saturated carbocycles.